The van der Waals surface area contributed by atoms with Gasteiger partial charge in [0.25, 0.3) is 5.91 Å². The van der Waals surface area contributed by atoms with Gasteiger partial charge in [-0.3, -0.25) is 4.79 Å². The molecule has 9 nitrogen and oxygen atoms in total. The molecule has 0 saturated heterocycles. The first-order chi connectivity index (χ1) is 17.3. The number of fused-ring (bicyclic) bond motifs is 1. The number of anilines is 1. The molecule has 0 aliphatic carbocycles. The Bertz CT molecular complexity index is 1220. The highest BCUT2D eigenvalue weighted by Gasteiger charge is 2.28. The van der Waals surface area contributed by atoms with Crippen molar-refractivity contribution in [2.75, 3.05) is 32.1 Å². The number of nitrogens with one attached hydrogen (secondary N) is 1. The van der Waals surface area contributed by atoms with E-state index in [2.05, 4.69) is 11.4 Å². The van der Waals surface area contributed by atoms with Crippen LogP contribution in [0.3, 0.4) is 0 Å². The summed E-state index contributed by atoms with van der Waals surface area (Å²) < 4.78 is 32.6. The van der Waals surface area contributed by atoms with Crippen molar-refractivity contribution in [2.45, 2.75) is 57.4 Å². The van der Waals surface area contributed by atoms with Crippen molar-refractivity contribution in [3.63, 3.8) is 0 Å². The van der Waals surface area contributed by atoms with Crippen LogP contribution in [-0.4, -0.2) is 56.4 Å². The number of rotatable bonds is 10. The maximum Gasteiger partial charge on any atom is 0.409 e. The molecule has 36 heavy (non-hydrogen) atoms. The molecule has 0 unspecified atom stereocenters. The van der Waals surface area contributed by atoms with E-state index in [9.17, 15) is 23.3 Å². The number of amides is 2. The topological polar surface area (TPSA) is 120 Å². The lowest BCUT2D eigenvalue weighted by Gasteiger charge is -2.25. The van der Waals surface area contributed by atoms with E-state index in [4.69, 9.17) is 4.74 Å². The molecule has 0 atom stereocenters. The van der Waals surface area contributed by atoms with Crippen LogP contribution in [0.1, 0.15) is 65.9 Å². The van der Waals surface area contributed by atoms with Gasteiger partial charge in [0.1, 0.15) is 11.1 Å². The molecule has 1 aromatic carbocycles. The van der Waals surface area contributed by atoms with Crippen LogP contribution in [0.2, 0.25) is 0 Å². The number of nitrogens with zero attached hydrogens (tertiary/aromatic N) is 3. The molecule has 3 rings (SSSR count). The van der Waals surface area contributed by atoms with Crippen LogP contribution in [0.4, 0.5) is 9.80 Å². The lowest BCUT2D eigenvalue weighted by molar-refractivity contribution is 0.102. The minimum atomic E-state index is -3.66. The number of carbonyl (C=O) groups is 2. The number of thiophene rings is 1. The van der Waals surface area contributed by atoms with Crippen LogP contribution < -0.4 is 5.32 Å². The number of carbonyl (C=O) groups excluding carboxylic acids is 2. The third-order valence-electron chi connectivity index (χ3n) is 6.10. The van der Waals surface area contributed by atoms with Crippen molar-refractivity contribution in [2.24, 2.45) is 0 Å². The second-order valence-corrected chi connectivity index (χ2v) is 11.6. The molecule has 2 aromatic rings. The van der Waals surface area contributed by atoms with E-state index < -0.39 is 22.0 Å². The van der Waals surface area contributed by atoms with Gasteiger partial charge >= 0.3 is 6.09 Å². The number of ether oxygens (including phenoxy) is 1. The summed E-state index contributed by atoms with van der Waals surface area (Å²) in [5, 5.41) is 12.9. The largest absolute Gasteiger partial charge is 0.453 e. The van der Waals surface area contributed by atoms with E-state index in [1.165, 1.54) is 47.0 Å². The zero-order valence-corrected chi connectivity index (χ0v) is 22.5. The highest BCUT2D eigenvalue weighted by molar-refractivity contribution is 7.89. The monoisotopic (exact) mass is 532 g/mol. The quantitative estimate of drug-likeness (QED) is 0.478. The zero-order chi connectivity index (χ0) is 26.3. The van der Waals surface area contributed by atoms with Gasteiger partial charge in [-0.1, -0.05) is 26.7 Å². The van der Waals surface area contributed by atoms with Gasteiger partial charge in [-0.25, -0.2) is 13.2 Å². The Balaban J connectivity index is 1.77. The summed E-state index contributed by atoms with van der Waals surface area (Å²) >= 11 is 1.26. The second kappa shape index (κ2) is 12.3. The predicted octanol–water partition coefficient (Wildman–Crippen LogP) is 4.59. The molecular weight excluding hydrogens is 500 g/mol. The first-order valence-electron chi connectivity index (χ1n) is 12.1. The average Bonchev–Trinajstić information content (AvgIpc) is 3.24. The molecule has 0 spiro atoms. The van der Waals surface area contributed by atoms with Crippen molar-refractivity contribution < 1.29 is 22.7 Å². The lowest BCUT2D eigenvalue weighted by atomic mass is 10.0. The summed E-state index contributed by atoms with van der Waals surface area (Å²) in [4.78, 5) is 27.3. The highest BCUT2D eigenvalue weighted by atomic mass is 32.2. The van der Waals surface area contributed by atoms with E-state index in [0.29, 0.717) is 43.2 Å². The molecule has 0 radical (unpaired) electrons. The molecule has 1 N–H and O–H groups in total. The predicted molar refractivity (Wildman–Crippen MR) is 139 cm³/mol. The summed E-state index contributed by atoms with van der Waals surface area (Å²) in [7, 11) is -2.33. The van der Waals surface area contributed by atoms with Gasteiger partial charge in [0.2, 0.25) is 10.0 Å². The van der Waals surface area contributed by atoms with Crippen LogP contribution in [0.15, 0.2) is 29.2 Å². The molecular formula is C25H32N4O5S2. The molecule has 2 amide bonds. The molecule has 1 aromatic heterocycles. The fraction of sp³-hybridized carbons (Fsp3) is 0.480. The fourth-order valence-electron chi connectivity index (χ4n) is 4.02. The molecule has 11 heteroatoms. The van der Waals surface area contributed by atoms with Gasteiger partial charge in [0.15, 0.2) is 0 Å². The number of sulfonamides is 1. The van der Waals surface area contributed by atoms with Gasteiger partial charge in [-0.15, -0.1) is 11.3 Å². The van der Waals surface area contributed by atoms with Gasteiger partial charge in [0, 0.05) is 30.1 Å². The summed E-state index contributed by atoms with van der Waals surface area (Å²) in [5.74, 6) is -0.437. The Kier molecular flexibility index (Phi) is 9.48. The Morgan fingerprint density at radius 2 is 1.81 bits per heavy atom. The summed E-state index contributed by atoms with van der Waals surface area (Å²) in [5.41, 5.74) is 1.52. The average molecular weight is 533 g/mol. The molecule has 194 valence electrons. The Hall–Kier alpha value is -2.94. The standard InChI is InChI=1S/C25H32N4O5S2/c1-4-6-13-29(14-7-5-2)36(32,33)19-10-8-18(9-11-19)23(30)27-24-21(16-26)20-12-15-28(25(31)34-3)17-22(20)35-24/h8-11H,4-7,12-15,17H2,1-3H3,(H,27,30). The fourth-order valence-corrected chi connectivity index (χ4v) is 6.74. The van der Waals surface area contributed by atoms with Crippen LogP contribution in [-0.2, 0) is 27.7 Å². The summed E-state index contributed by atoms with van der Waals surface area (Å²) in [6.45, 7) is 5.73. The molecule has 0 bridgehead atoms. The van der Waals surface area contributed by atoms with Crippen molar-refractivity contribution >= 4 is 38.4 Å². The number of hydrogen-bond donors (Lipinski definition) is 1. The molecule has 1 aliphatic heterocycles. The van der Waals surface area contributed by atoms with E-state index in [1.54, 1.807) is 4.90 Å². The smallest absolute Gasteiger partial charge is 0.409 e. The zero-order valence-electron chi connectivity index (χ0n) is 20.9. The van der Waals surface area contributed by atoms with Crippen LogP contribution in [0, 0.1) is 11.3 Å². The normalized spacial score (nSPS) is 13.2. The molecule has 0 saturated carbocycles. The number of hydrogen-bond acceptors (Lipinski definition) is 7. The summed E-state index contributed by atoms with van der Waals surface area (Å²) in [6, 6.07) is 8.04. The van der Waals surface area contributed by atoms with Crippen molar-refractivity contribution in [1.82, 2.24) is 9.21 Å². The third kappa shape index (κ3) is 6.06. The Morgan fingerprint density at radius 1 is 1.17 bits per heavy atom. The van der Waals surface area contributed by atoms with Crippen molar-refractivity contribution in [3.8, 4) is 6.07 Å². The molecule has 2 heterocycles. The van der Waals surface area contributed by atoms with Gasteiger partial charge in [0.05, 0.1) is 24.1 Å². The number of benzene rings is 1. The summed E-state index contributed by atoms with van der Waals surface area (Å²) in [6.07, 6.45) is 3.43. The number of methoxy groups -OCH3 is 1. The van der Waals surface area contributed by atoms with Crippen LogP contribution in [0.5, 0.6) is 0 Å². The SMILES string of the molecule is CCCCN(CCCC)S(=O)(=O)c1ccc(C(=O)Nc2sc3c(c2C#N)CCN(C(=O)OC)C3)cc1. The number of unbranched alkanes of at least 4 members (excludes halogenated alkanes) is 2. The molecule has 0 fully saturated rings. The van der Waals surface area contributed by atoms with Crippen molar-refractivity contribution in [1.29, 1.82) is 5.26 Å². The second-order valence-electron chi connectivity index (χ2n) is 8.55. The maximum atomic E-state index is 13.2. The first kappa shape index (κ1) is 27.6. The van der Waals surface area contributed by atoms with E-state index >= 15 is 0 Å². The van der Waals surface area contributed by atoms with E-state index in [0.717, 1.165) is 36.1 Å². The molecule has 1 aliphatic rings. The van der Waals surface area contributed by atoms with Gasteiger partial charge < -0.3 is 15.0 Å². The maximum absolute atomic E-state index is 13.2. The van der Waals surface area contributed by atoms with Gasteiger partial charge in [-0.05, 0) is 49.1 Å². The van der Waals surface area contributed by atoms with Crippen molar-refractivity contribution in [3.05, 3.63) is 45.8 Å². The van der Waals surface area contributed by atoms with Crippen LogP contribution >= 0.6 is 11.3 Å². The Morgan fingerprint density at radius 3 is 2.36 bits per heavy atom. The van der Waals surface area contributed by atoms with Crippen LogP contribution in [0.25, 0.3) is 0 Å². The van der Waals surface area contributed by atoms with E-state index in [-0.39, 0.29) is 10.5 Å². The minimum Gasteiger partial charge on any atom is -0.453 e. The highest BCUT2D eigenvalue weighted by Crippen LogP contribution is 2.37. The Labute approximate surface area is 216 Å². The first-order valence-corrected chi connectivity index (χ1v) is 14.3. The third-order valence-corrected chi connectivity index (χ3v) is 9.15. The van der Waals surface area contributed by atoms with E-state index in [1.807, 2.05) is 13.8 Å². The lowest BCUT2D eigenvalue weighted by Crippen LogP contribution is -2.35. The number of nitriles is 1. The minimum absolute atomic E-state index is 0.151. The van der Waals surface area contributed by atoms with Gasteiger partial charge in [-0.2, -0.15) is 9.57 Å².